The van der Waals surface area contributed by atoms with Crippen molar-refractivity contribution < 1.29 is 31.1 Å². The van der Waals surface area contributed by atoms with Gasteiger partial charge in [0.2, 0.25) is 0 Å². The van der Waals surface area contributed by atoms with E-state index in [1.807, 2.05) is 0 Å². The summed E-state index contributed by atoms with van der Waals surface area (Å²) in [5.41, 5.74) is -1.47. The fourth-order valence-electron chi connectivity index (χ4n) is 1.68. The summed E-state index contributed by atoms with van der Waals surface area (Å²) in [6.07, 6.45) is -9.18. The maximum Gasteiger partial charge on any atom is 0.573 e. The second-order valence-electron chi connectivity index (χ2n) is 4.09. The fraction of sp³-hybridized carbons (Fsp3) is 0.154. The molecule has 0 bridgehead atoms. The minimum Gasteiger partial charge on any atom is -0.405 e. The van der Waals surface area contributed by atoms with Crippen LogP contribution in [0.25, 0.3) is 11.3 Å². The predicted molar refractivity (Wildman–Crippen MR) is 66.4 cm³/mol. The number of aromatic nitrogens is 1. The minimum atomic E-state index is -4.94. The first-order valence-corrected chi connectivity index (χ1v) is 6.03. The Bertz CT molecular complexity index is 683. The van der Waals surface area contributed by atoms with E-state index in [1.54, 1.807) is 0 Å². The van der Waals surface area contributed by atoms with Gasteiger partial charge in [0.1, 0.15) is 5.75 Å². The molecular formula is C13H6ClF6NO. The van der Waals surface area contributed by atoms with E-state index >= 15 is 0 Å². The number of hydrogen-bond acceptors (Lipinski definition) is 2. The molecule has 0 aliphatic heterocycles. The standard InChI is InChI=1S/C13H6ClF6NO/c14-9-5-10(21-6-8(9)12(15,16)17)7-3-1-2-4-11(7)22-13(18,19)20/h1-6H. The van der Waals surface area contributed by atoms with Crippen molar-refractivity contribution in [1.29, 1.82) is 0 Å². The molecule has 0 N–H and O–H groups in total. The number of alkyl halides is 6. The summed E-state index contributed by atoms with van der Waals surface area (Å²) in [6.45, 7) is 0. The molecule has 0 fully saturated rings. The highest BCUT2D eigenvalue weighted by Crippen LogP contribution is 2.38. The molecule has 0 amide bonds. The molecule has 1 aromatic heterocycles. The van der Waals surface area contributed by atoms with Crippen LogP contribution >= 0.6 is 11.6 Å². The molecule has 0 spiro atoms. The summed E-state index contributed by atoms with van der Waals surface area (Å²) in [4.78, 5) is 3.52. The molecule has 2 nitrogen and oxygen atoms in total. The largest absolute Gasteiger partial charge is 0.573 e. The van der Waals surface area contributed by atoms with E-state index in [1.165, 1.54) is 18.2 Å². The van der Waals surface area contributed by atoms with Crippen LogP contribution in [0.3, 0.4) is 0 Å². The summed E-state index contributed by atoms with van der Waals surface area (Å²) in [5, 5.41) is -0.667. The van der Waals surface area contributed by atoms with Gasteiger partial charge < -0.3 is 4.74 Å². The molecule has 9 heteroatoms. The number of hydrogen-bond donors (Lipinski definition) is 0. The highest BCUT2D eigenvalue weighted by Gasteiger charge is 2.35. The first-order valence-electron chi connectivity index (χ1n) is 5.66. The molecule has 0 saturated heterocycles. The lowest BCUT2D eigenvalue weighted by Crippen LogP contribution is -2.17. The van der Waals surface area contributed by atoms with Crippen molar-refractivity contribution in [3.8, 4) is 17.0 Å². The van der Waals surface area contributed by atoms with Gasteiger partial charge in [0.15, 0.2) is 0 Å². The lowest BCUT2D eigenvalue weighted by atomic mass is 10.1. The van der Waals surface area contributed by atoms with Gasteiger partial charge in [-0.05, 0) is 18.2 Å². The van der Waals surface area contributed by atoms with E-state index < -0.39 is 28.9 Å². The summed E-state index contributed by atoms with van der Waals surface area (Å²) in [5.74, 6) is -0.585. The normalized spacial score (nSPS) is 12.3. The van der Waals surface area contributed by atoms with Gasteiger partial charge in [-0.15, -0.1) is 13.2 Å². The number of benzene rings is 1. The molecule has 118 valence electrons. The maximum atomic E-state index is 12.6. The first kappa shape index (κ1) is 16.4. The molecule has 2 aromatic rings. The van der Waals surface area contributed by atoms with Gasteiger partial charge in [0.05, 0.1) is 16.3 Å². The van der Waals surface area contributed by atoms with Crippen molar-refractivity contribution in [2.75, 3.05) is 0 Å². The molecule has 22 heavy (non-hydrogen) atoms. The van der Waals surface area contributed by atoms with Crippen LogP contribution in [-0.4, -0.2) is 11.3 Å². The molecule has 0 aliphatic carbocycles. The van der Waals surface area contributed by atoms with E-state index in [-0.39, 0.29) is 11.3 Å². The number of pyridine rings is 1. The third-order valence-electron chi connectivity index (χ3n) is 2.55. The highest BCUT2D eigenvalue weighted by atomic mass is 35.5. The van der Waals surface area contributed by atoms with Crippen LogP contribution in [0, 0.1) is 0 Å². The van der Waals surface area contributed by atoms with E-state index in [2.05, 4.69) is 9.72 Å². The van der Waals surface area contributed by atoms with E-state index in [9.17, 15) is 26.3 Å². The van der Waals surface area contributed by atoms with Crippen LogP contribution in [0.5, 0.6) is 5.75 Å². The van der Waals surface area contributed by atoms with Gasteiger partial charge in [0.25, 0.3) is 0 Å². The molecule has 1 aromatic carbocycles. The number of halogens is 7. The Morgan fingerprint density at radius 1 is 1.00 bits per heavy atom. The van der Waals surface area contributed by atoms with Gasteiger partial charge in [-0.3, -0.25) is 4.98 Å². The van der Waals surface area contributed by atoms with Gasteiger partial charge in [-0.25, -0.2) is 0 Å². The van der Waals surface area contributed by atoms with Crippen molar-refractivity contribution in [3.05, 3.63) is 47.1 Å². The maximum absolute atomic E-state index is 12.6. The second kappa shape index (κ2) is 5.68. The number of ether oxygens (including phenoxy) is 1. The zero-order chi connectivity index (χ0) is 16.5. The van der Waals surface area contributed by atoms with Gasteiger partial charge >= 0.3 is 12.5 Å². The van der Waals surface area contributed by atoms with E-state index in [4.69, 9.17) is 11.6 Å². The zero-order valence-corrected chi connectivity index (χ0v) is 11.2. The molecule has 1 heterocycles. The molecular weight excluding hydrogens is 336 g/mol. The highest BCUT2D eigenvalue weighted by molar-refractivity contribution is 6.31. The van der Waals surface area contributed by atoms with E-state index in [0.29, 0.717) is 6.20 Å². The summed E-state index contributed by atoms with van der Waals surface area (Å²) in [7, 11) is 0. The average Bonchev–Trinajstić information content (AvgIpc) is 2.35. The Morgan fingerprint density at radius 3 is 2.18 bits per heavy atom. The van der Waals surface area contributed by atoms with Crippen molar-refractivity contribution in [2.24, 2.45) is 0 Å². The van der Waals surface area contributed by atoms with Crippen LogP contribution in [0.4, 0.5) is 26.3 Å². The molecule has 0 radical (unpaired) electrons. The third kappa shape index (κ3) is 3.82. The topological polar surface area (TPSA) is 22.1 Å². The van der Waals surface area contributed by atoms with Crippen LogP contribution in [0.2, 0.25) is 5.02 Å². The van der Waals surface area contributed by atoms with Crippen molar-refractivity contribution >= 4 is 11.6 Å². The Balaban J connectivity index is 2.47. The van der Waals surface area contributed by atoms with E-state index in [0.717, 1.165) is 12.1 Å². The van der Waals surface area contributed by atoms with Crippen molar-refractivity contribution in [2.45, 2.75) is 12.5 Å². The van der Waals surface area contributed by atoms with Gasteiger partial charge in [-0.2, -0.15) is 13.2 Å². The van der Waals surface area contributed by atoms with Crippen molar-refractivity contribution in [3.63, 3.8) is 0 Å². The van der Waals surface area contributed by atoms with Gasteiger partial charge in [-0.1, -0.05) is 23.7 Å². The zero-order valence-electron chi connectivity index (χ0n) is 10.5. The molecule has 0 aliphatic rings. The third-order valence-corrected chi connectivity index (χ3v) is 2.86. The SMILES string of the molecule is FC(F)(F)Oc1ccccc1-c1cc(Cl)c(C(F)(F)F)cn1. The Kier molecular flexibility index (Phi) is 4.23. The smallest absolute Gasteiger partial charge is 0.405 e. The minimum absolute atomic E-state index is 0.129. The predicted octanol–water partition coefficient (Wildman–Crippen LogP) is 5.32. The molecule has 0 saturated carbocycles. The fourth-order valence-corrected chi connectivity index (χ4v) is 1.94. The summed E-state index contributed by atoms with van der Waals surface area (Å²) < 4.78 is 78.5. The Hall–Kier alpha value is -1.96. The monoisotopic (exact) mass is 341 g/mol. The molecule has 0 atom stereocenters. The van der Waals surface area contributed by atoms with Crippen LogP contribution in [0.1, 0.15) is 5.56 Å². The van der Waals surface area contributed by atoms with Crippen LogP contribution in [0.15, 0.2) is 36.5 Å². The van der Waals surface area contributed by atoms with Crippen LogP contribution < -0.4 is 4.74 Å². The molecule has 0 unspecified atom stereocenters. The molecule has 2 rings (SSSR count). The summed E-state index contributed by atoms with van der Waals surface area (Å²) >= 11 is 5.53. The van der Waals surface area contributed by atoms with Gasteiger partial charge in [0, 0.05) is 11.8 Å². The lowest BCUT2D eigenvalue weighted by Gasteiger charge is -2.14. The Labute approximate surface area is 125 Å². The second-order valence-corrected chi connectivity index (χ2v) is 4.50. The van der Waals surface area contributed by atoms with Crippen molar-refractivity contribution in [1.82, 2.24) is 4.98 Å². The summed E-state index contributed by atoms with van der Waals surface area (Å²) in [6, 6.07) is 5.77. The number of nitrogens with zero attached hydrogens (tertiary/aromatic N) is 1. The number of para-hydroxylation sites is 1. The van der Waals surface area contributed by atoms with Crippen LogP contribution in [-0.2, 0) is 6.18 Å². The lowest BCUT2D eigenvalue weighted by molar-refractivity contribution is -0.274. The Morgan fingerprint density at radius 2 is 1.64 bits per heavy atom. The quantitative estimate of drug-likeness (QED) is 0.690. The average molecular weight is 342 g/mol. The first-order chi connectivity index (χ1) is 10.1. The number of rotatable bonds is 2.